The minimum absolute atomic E-state index is 0.613. The number of benzene rings is 1. The fourth-order valence-corrected chi connectivity index (χ4v) is 4.71. The van der Waals surface area contributed by atoms with Crippen LogP contribution in [0.3, 0.4) is 0 Å². The predicted octanol–water partition coefficient (Wildman–Crippen LogP) is 6.21. The Morgan fingerprint density at radius 3 is 1.20 bits per heavy atom. The quantitative estimate of drug-likeness (QED) is 0.207. The van der Waals surface area contributed by atoms with Crippen LogP contribution in [0.15, 0.2) is 10.1 Å². The number of hydrogen-bond acceptors (Lipinski definition) is 0. The summed E-state index contributed by atoms with van der Waals surface area (Å²) in [6.45, 7) is 0. The van der Waals surface area contributed by atoms with Crippen molar-refractivity contribution in [3.8, 4) is 0 Å². The highest BCUT2D eigenvalue weighted by Gasteiger charge is 2.60. The first-order valence-electron chi connectivity index (χ1n) is 4.64. The molecule has 0 saturated heterocycles. The highest BCUT2D eigenvalue weighted by atomic mass is 35.5. The molecular weight excluding hydrogens is 409 g/mol. The second kappa shape index (κ2) is 4.97. The van der Waals surface area contributed by atoms with Crippen molar-refractivity contribution < 1.29 is 17.6 Å². The van der Waals surface area contributed by atoms with Crippen LogP contribution in [0.4, 0.5) is 17.6 Å². The fraction of sp³-hybridized carbons (Fsp3) is 0.200. The molecule has 1 aliphatic carbocycles. The molecule has 0 radical (unpaired) electrons. The van der Waals surface area contributed by atoms with E-state index < -0.39 is 53.1 Å². The summed E-state index contributed by atoms with van der Waals surface area (Å²) in [6.07, 6.45) is 0. The monoisotopic (exact) mass is 406 g/mol. The Bertz CT molecular complexity index is 599. The van der Waals surface area contributed by atoms with Crippen molar-refractivity contribution in [1.82, 2.24) is 0 Å². The normalized spacial score (nSPS) is 19.2. The molecule has 20 heavy (non-hydrogen) atoms. The van der Waals surface area contributed by atoms with Gasteiger partial charge in [-0.1, -0.05) is 69.6 Å². The lowest BCUT2D eigenvalue weighted by Crippen LogP contribution is -2.16. The zero-order valence-electron chi connectivity index (χ0n) is 8.78. The van der Waals surface area contributed by atoms with E-state index in [4.69, 9.17) is 69.6 Å². The molecule has 1 aromatic carbocycles. The molecule has 1 aromatic rings. The molecule has 0 nitrogen and oxygen atoms in total. The molecule has 0 unspecified atom stereocenters. The van der Waals surface area contributed by atoms with E-state index in [-0.39, 0.29) is 0 Å². The summed E-state index contributed by atoms with van der Waals surface area (Å²) in [4.78, 5) is 0. The number of fused-ring (bicyclic) bond motifs is 1. The highest BCUT2D eigenvalue weighted by Crippen LogP contribution is 2.65. The van der Waals surface area contributed by atoms with Gasteiger partial charge >= 0.3 is 0 Å². The van der Waals surface area contributed by atoms with Gasteiger partial charge in [-0.05, 0) is 0 Å². The molecule has 10 heteroatoms. The zero-order chi connectivity index (χ0) is 15.6. The topological polar surface area (TPSA) is 0 Å². The summed E-state index contributed by atoms with van der Waals surface area (Å²) >= 11 is 34.3. The van der Waals surface area contributed by atoms with Crippen molar-refractivity contribution in [2.45, 2.75) is 8.67 Å². The first-order valence-corrected chi connectivity index (χ1v) is 6.91. The Morgan fingerprint density at radius 1 is 0.650 bits per heavy atom. The SMILES string of the molecule is Fc1c(F)c(F)c2c(c1F)C(Cl)(Cl)C(=C(Cl)Cl)C2(Cl)Cl. The summed E-state index contributed by atoms with van der Waals surface area (Å²) < 4.78 is 48.7. The summed E-state index contributed by atoms with van der Waals surface area (Å²) in [7, 11) is 0. The third-order valence-electron chi connectivity index (χ3n) is 2.71. The minimum atomic E-state index is -2.46. The molecule has 0 N–H and O–H groups in total. The number of hydrogen-bond donors (Lipinski definition) is 0. The lowest BCUT2D eigenvalue weighted by Gasteiger charge is -2.21. The minimum Gasteiger partial charge on any atom is -0.203 e. The van der Waals surface area contributed by atoms with Crippen molar-refractivity contribution in [3.63, 3.8) is 0 Å². The van der Waals surface area contributed by atoms with Crippen LogP contribution in [-0.4, -0.2) is 0 Å². The van der Waals surface area contributed by atoms with Crippen LogP contribution >= 0.6 is 69.6 Å². The Balaban J connectivity index is 3.05. The van der Waals surface area contributed by atoms with Crippen LogP contribution in [0.1, 0.15) is 11.1 Å². The van der Waals surface area contributed by atoms with E-state index in [0.29, 0.717) is 0 Å². The van der Waals surface area contributed by atoms with Gasteiger partial charge in [-0.15, -0.1) is 0 Å². The number of rotatable bonds is 0. The first kappa shape index (κ1) is 16.8. The van der Waals surface area contributed by atoms with Gasteiger partial charge in [0.2, 0.25) is 0 Å². The summed E-state index contributed by atoms with van der Waals surface area (Å²) in [5.41, 5.74) is -2.56. The molecule has 0 atom stereocenters. The standard InChI is InChI=1S/C10Cl6F4/c11-8(12)7-9(13,14)1-2(10(7,15)16)4(18)6(20)5(19)3(1)17. The second-order valence-corrected chi connectivity index (χ2v) is 7.39. The molecule has 0 fully saturated rings. The smallest absolute Gasteiger partial charge is 0.197 e. The maximum atomic E-state index is 13.8. The molecule has 0 aromatic heterocycles. The lowest BCUT2D eigenvalue weighted by molar-refractivity contribution is 0.401. The lowest BCUT2D eigenvalue weighted by atomic mass is 10.1. The van der Waals surface area contributed by atoms with Gasteiger partial charge in [0.25, 0.3) is 0 Å². The largest absolute Gasteiger partial charge is 0.203 e. The van der Waals surface area contributed by atoms with Gasteiger partial charge in [0.15, 0.2) is 31.9 Å². The average Bonchev–Trinajstić information content (AvgIpc) is 2.45. The van der Waals surface area contributed by atoms with Gasteiger partial charge in [-0.3, -0.25) is 0 Å². The van der Waals surface area contributed by atoms with Gasteiger partial charge in [0.1, 0.15) is 4.49 Å². The molecule has 2 rings (SSSR count). The van der Waals surface area contributed by atoms with E-state index in [2.05, 4.69) is 0 Å². The molecule has 0 heterocycles. The fourth-order valence-electron chi connectivity index (χ4n) is 1.91. The van der Waals surface area contributed by atoms with Gasteiger partial charge in [0.05, 0.1) is 0 Å². The highest BCUT2D eigenvalue weighted by molar-refractivity contribution is 6.63. The van der Waals surface area contributed by atoms with Crippen LogP contribution < -0.4 is 0 Å². The van der Waals surface area contributed by atoms with E-state index in [1.807, 2.05) is 0 Å². The first-order chi connectivity index (χ1) is 8.95. The van der Waals surface area contributed by atoms with Crippen LogP contribution in [0.5, 0.6) is 0 Å². The van der Waals surface area contributed by atoms with Gasteiger partial charge in [-0.25, -0.2) is 17.6 Å². The summed E-state index contributed by atoms with van der Waals surface area (Å²) in [5, 5.41) is 0. The van der Waals surface area contributed by atoms with Crippen molar-refractivity contribution in [3.05, 3.63) is 44.5 Å². The Kier molecular flexibility index (Phi) is 4.17. The summed E-state index contributed by atoms with van der Waals surface area (Å²) in [5.74, 6) is -7.88. The van der Waals surface area contributed by atoms with Crippen molar-refractivity contribution in [2.24, 2.45) is 0 Å². The average molecular weight is 409 g/mol. The third kappa shape index (κ3) is 2.03. The van der Waals surface area contributed by atoms with E-state index in [0.717, 1.165) is 0 Å². The van der Waals surface area contributed by atoms with Crippen LogP contribution in [0.2, 0.25) is 0 Å². The molecule has 110 valence electrons. The van der Waals surface area contributed by atoms with E-state index in [1.54, 1.807) is 0 Å². The Morgan fingerprint density at radius 2 is 0.950 bits per heavy atom. The van der Waals surface area contributed by atoms with E-state index in [1.165, 1.54) is 0 Å². The van der Waals surface area contributed by atoms with E-state index in [9.17, 15) is 17.6 Å². The molecule has 0 bridgehead atoms. The van der Waals surface area contributed by atoms with Crippen molar-refractivity contribution >= 4 is 69.6 Å². The molecule has 0 saturated carbocycles. The Labute approximate surface area is 140 Å². The van der Waals surface area contributed by atoms with Crippen LogP contribution in [0.25, 0.3) is 0 Å². The van der Waals surface area contributed by atoms with Crippen LogP contribution in [-0.2, 0) is 8.67 Å². The molecule has 0 aliphatic heterocycles. The van der Waals surface area contributed by atoms with Gasteiger partial charge in [0, 0.05) is 16.7 Å². The molecule has 1 aliphatic rings. The maximum Gasteiger partial charge on any atom is 0.197 e. The van der Waals surface area contributed by atoms with E-state index >= 15 is 0 Å². The predicted molar refractivity (Wildman–Crippen MR) is 71.8 cm³/mol. The number of alkyl halides is 4. The van der Waals surface area contributed by atoms with Crippen molar-refractivity contribution in [2.75, 3.05) is 0 Å². The summed E-state index contributed by atoms with van der Waals surface area (Å²) in [6, 6.07) is 0. The molecule has 0 amide bonds. The Hall–Kier alpha value is 0.420. The zero-order valence-corrected chi connectivity index (χ0v) is 13.3. The molecule has 0 spiro atoms. The second-order valence-electron chi connectivity index (χ2n) is 3.79. The van der Waals surface area contributed by atoms with Crippen LogP contribution in [0, 0.1) is 23.3 Å². The van der Waals surface area contributed by atoms with Gasteiger partial charge < -0.3 is 0 Å². The number of halogens is 10. The third-order valence-corrected chi connectivity index (χ3v) is 4.60. The van der Waals surface area contributed by atoms with Crippen molar-refractivity contribution in [1.29, 1.82) is 0 Å². The maximum absolute atomic E-state index is 13.8. The number of allylic oxidation sites excluding steroid dienone is 1. The van der Waals surface area contributed by atoms with Gasteiger partial charge in [-0.2, -0.15) is 0 Å². The molecular formula is C10Cl6F4.